The molecule has 0 bridgehead atoms. The van der Waals surface area contributed by atoms with Crippen molar-refractivity contribution >= 4 is 22.9 Å². The minimum atomic E-state index is -0.336. The van der Waals surface area contributed by atoms with Crippen LogP contribution in [0.3, 0.4) is 0 Å². The van der Waals surface area contributed by atoms with Crippen LogP contribution >= 0.6 is 12.2 Å². The van der Waals surface area contributed by atoms with E-state index < -0.39 is 0 Å². The molecule has 1 aromatic carbocycles. The van der Waals surface area contributed by atoms with Gasteiger partial charge in [0.1, 0.15) is 10.8 Å². The van der Waals surface area contributed by atoms with Gasteiger partial charge >= 0.3 is 0 Å². The molecule has 0 fully saturated rings. The normalized spacial score (nSPS) is 10.4. The number of unbranched alkanes of at least 4 members (excludes halogenated alkanes) is 1. The molecule has 0 atom stereocenters. The van der Waals surface area contributed by atoms with Gasteiger partial charge in [-0.25, -0.2) is 4.39 Å². The van der Waals surface area contributed by atoms with E-state index in [0.717, 1.165) is 25.9 Å². The van der Waals surface area contributed by atoms with Crippen LogP contribution in [0.5, 0.6) is 0 Å². The molecular formula is C14H21FN2OS. The van der Waals surface area contributed by atoms with Gasteiger partial charge in [-0.05, 0) is 31.0 Å². The lowest BCUT2D eigenvalue weighted by Crippen LogP contribution is -2.11. The smallest absolute Gasteiger partial charge is 0.146 e. The Bertz CT molecular complexity index is 412. The lowest BCUT2D eigenvalue weighted by atomic mass is 10.2. The number of ether oxygens (including phenoxy) is 1. The number of halogens is 1. The molecule has 0 aromatic heterocycles. The van der Waals surface area contributed by atoms with Crippen molar-refractivity contribution < 1.29 is 9.13 Å². The number of rotatable bonds is 9. The third-order valence-electron chi connectivity index (χ3n) is 2.68. The van der Waals surface area contributed by atoms with Crippen LogP contribution in [-0.4, -0.2) is 24.7 Å². The Morgan fingerprint density at radius 1 is 1.37 bits per heavy atom. The van der Waals surface area contributed by atoms with Crippen LogP contribution in [0.15, 0.2) is 18.2 Å². The summed E-state index contributed by atoms with van der Waals surface area (Å²) in [6.45, 7) is 4.30. The van der Waals surface area contributed by atoms with E-state index in [4.69, 9.17) is 22.7 Å². The molecule has 0 saturated heterocycles. The average Bonchev–Trinajstić information content (AvgIpc) is 2.39. The lowest BCUT2D eigenvalue weighted by Gasteiger charge is -2.09. The van der Waals surface area contributed by atoms with Gasteiger partial charge in [0.05, 0.1) is 5.69 Å². The maximum atomic E-state index is 13.7. The Balaban J connectivity index is 2.28. The van der Waals surface area contributed by atoms with E-state index in [1.165, 1.54) is 6.07 Å². The van der Waals surface area contributed by atoms with E-state index in [2.05, 4.69) is 12.2 Å². The standard InChI is InChI=1S/C14H21FN2OS/c1-2-3-8-18-9-4-7-17-13-6-5-11(14(16)19)10-12(13)15/h5-6,10,17H,2-4,7-9H2,1H3,(H2,16,19). The molecule has 1 aromatic rings. The van der Waals surface area contributed by atoms with Crippen molar-refractivity contribution in [1.82, 2.24) is 0 Å². The summed E-state index contributed by atoms with van der Waals surface area (Å²) in [5.74, 6) is -0.336. The largest absolute Gasteiger partial charge is 0.389 e. The highest BCUT2D eigenvalue weighted by atomic mass is 32.1. The second-order valence-electron chi connectivity index (χ2n) is 4.31. The first-order chi connectivity index (χ1) is 9.15. The van der Waals surface area contributed by atoms with E-state index >= 15 is 0 Å². The van der Waals surface area contributed by atoms with Crippen LogP contribution in [-0.2, 0) is 4.74 Å². The number of hydrogen-bond donors (Lipinski definition) is 2. The molecule has 3 nitrogen and oxygen atoms in total. The van der Waals surface area contributed by atoms with Gasteiger partial charge in [-0.2, -0.15) is 0 Å². The molecule has 5 heteroatoms. The van der Waals surface area contributed by atoms with Crippen LogP contribution in [0.2, 0.25) is 0 Å². The zero-order valence-electron chi connectivity index (χ0n) is 11.2. The first-order valence-electron chi connectivity index (χ1n) is 6.56. The van der Waals surface area contributed by atoms with E-state index in [-0.39, 0.29) is 10.8 Å². The fourth-order valence-electron chi connectivity index (χ4n) is 1.56. The molecule has 0 aliphatic rings. The molecule has 0 radical (unpaired) electrons. The monoisotopic (exact) mass is 284 g/mol. The third-order valence-corrected chi connectivity index (χ3v) is 2.91. The zero-order chi connectivity index (χ0) is 14.1. The molecule has 0 amide bonds. The number of hydrogen-bond acceptors (Lipinski definition) is 3. The van der Waals surface area contributed by atoms with Crippen molar-refractivity contribution in [2.45, 2.75) is 26.2 Å². The zero-order valence-corrected chi connectivity index (χ0v) is 12.1. The molecule has 19 heavy (non-hydrogen) atoms. The molecule has 0 aliphatic heterocycles. The van der Waals surface area contributed by atoms with Crippen LogP contribution in [0, 0.1) is 5.82 Å². The highest BCUT2D eigenvalue weighted by Crippen LogP contribution is 2.15. The Kier molecular flexibility index (Phi) is 7.36. The Labute approximate surface area is 119 Å². The number of benzene rings is 1. The van der Waals surface area contributed by atoms with E-state index in [9.17, 15) is 4.39 Å². The molecule has 0 unspecified atom stereocenters. The van der Waals surface area contributed by atoms with Gasteiger partial charge in [0.2, 0.25) is 0 Å². The van der Waals surface area contributed by atoms with Gasteiger partial charge in [-0.15, -0.1) is 0 Å². The second-order valence-corrected chi connectivity index (χ2v) is 4.74. The molecular weight excluding hydrogens is 263 g/mol. The predicted molar refractivity (Wildman–Crippen MR) is 81.1 cm³/mol. The topological polar surface area (TPSA) is 47.3 Å². The van der Waals surface area contributed by atoms with E-state index in [1.807, 2.05) is 0 Å². The molecule has 0 spiro atoms. The van der Waals surface area contributed by atoms with Gasteiger partial charge in [0, 0.05) is 25.3 Å². The summed E-state index contributed by atoms with van der Waals surface area (Å²) in [4.78, 5) is 0.203. The number of thiocarbonyl (C=S) groups is 1. The van der Waals surface area contributed by atoms with Gasteiger partial charge < -0.3 is 15.8 Å². The van der Waals surface area contributed by atoms with E-state index in [0.29, 0.717) is 24.4 Å². The maximum Gasteiger partial charge on any atom is 0.146 e. The fraction of sp³-hybridized carbons (Fsp3) is 0.500. The lowest BCUT2D eigenvalue weighted by molar-refractivity contribution is 0.131. The highest BCUT2D eigenvalue weighted by Gasteiger charge is 2.04. The minimum Gasteiger partial charge on any atom is -0.389 e. The Morgan fingerprint density at radius 3 is 2.74 bits per heavy atom. The summed E-state index contributed by atoms with van der Waals surface area (Å²) in [6, 6.07) is 4.72. The van der Waals surface area contributed by atoms with E-state index in [1.54, 1.807) is 12.1 Å². The third kappa shape index (κ3) is 5.98. The molecule has 0 heterocycles. The van der Waals surface area contributed by atoms with Gasteiger partial charge in [-0.3, -0.25) is 0 Å². The quantitative estimate of drug-likeness (QED) is 0.540. The van der Waals surface area contributed by atoms with Gasteiger partial charge in [0.15, 0.2) is 0 Å². The minimum absolute atomic E-state index is 0.203. The summed E-state index contributed by atoms with van der Waals surface area (Å²) >= 11 is 4.80. The summed E-state index contributed by atoms with van der Waals surface area (Å²) in [7, 11) is 0. The van der Waals surface area contributed by atoms with Crippen LogP contribution < -0.4 is 11.1 Å². The number of nitrogens with one attached hydrogen (secondary N) is 1. The fourth-order valence-corrected chi connectivity index (χ4v) is 1.68. The first kappa shape index (κ1) is 15.9. The second kappa shape index (κ2) is 8.82. The molecule has 106 valence electrons. The van der Waals surface area contributed by atoms with Crippen LogP contribution in [0.4, 0.5) is 10.1 Å². The van der Waals surface area contributed by atoms with Crippen molar-refractivity contribution in [3.05, 3.63) is 29.6 Å². The first-order valence-corrected chi connectivity index (χ1v) is 6.97. The number of anilines is 1. The Morgan fingerprint density at radius 2 is 2.11 bits per heavy atom. The van der Waals surface area contributed by atoms with Crippen molar-refractivity contribution in [2.24, 2.45) is 5.73 Å². The Hall–Kier alpha value is -1.20. The van der Waals surface area contributed by atoms with Crippen LogP contribution in [0.25, 0.3) is 0 Å². The number of nitrogens with two attached hydrogens (primary N) is 1. The van der Waals surface area contributed by atoms with Crippen molar-refractivity contribution in [2.75, 3.05) is 25.1 Å². The van der Waals surface area contributed by atoms with Crippen LogP contribution in [0.1, 0.15) is 31.7 Å². The molecule has 1 rings (SSSR count). The van der Waals surface area contributed by atoms with Gasteiger partial charge in [-0.1, -0.05) is 25.6 Å². The molecule has 3 N–H and O–H groups in total. The van der Waals surface area contributed by atoms with Gasteiger partial charge in [0.25, 0.3) is 0 Å². The maximum absolute atomic E-state index is 13.7. The molecule has 0 aliphatic carbocycles. The summed E-state index contributed by atoms with van der Waals surface area (Å²) in [5, 5.41) is 3.03. The average molecular weight is 284 g/mol. The predicted octanol–water partition coefficient (Wildman–Crippen LogP) is 3.08. The van der Waals surface area contributed by atoms with Crippen molar-refractivity contribution in [3.8, 4) is 0 Å². The SMILES string of the molecule is CCCCOCCCNc1ccc(C(N)=S)cc1F. The highest BCUT2D eigenvalue weighted by molar-refractivity contribution is 7.80. The summed E-state index contributed by atoms with van der Waals surface area (Å²) < 4.78 is 19.1. The molecule has 0 saturated carbocycles. The summed E-state index contributed by atoms with van der Waals surface area (Å²) in [6.07, 6.45) is 3.07. The van der Waals surface area contributed by atoms with Crippen molar-refractivity contribution in [3.63, 3.8) is 0 Å². The summed E-state index contributed by atoms with van der Waals surface area (Å²) in [5.41, 5.74) is 6.45. The van der Waals surface area contributed by atoms with Crippen molar-refractivity contribution in [1.29, 1.82) is 0 Å².